The molecule has 7 heteroatoms. The molecule has 1 amide bonds. The molecule has 0 saturated heterocycles. The Balaban J connectivity index is 1.84. The Morgan fingerprint density at radius 2 is 2.00 bits per heavy atom. The van der Waals surface area contributed by atoms with E-state index in [1.54, 1.807) is 34.9 Å². The number of nitrogens with zero attached hydrogens (tertiary/aromatic N) is 3. The summed E-state index contributed by atoms with van der Waals surface area (Å²) in [5.41, 5.74) is 1.95. The van der Waals surface area contributed by atoms with Crippen LogP contribution in [0.3, 0.4) is 0 Å². The van der Waals surface area contributed by atoms with E-state index in [0.717, 1.165) is 10.4 Å². The average molecular weight is 394 g/mol. The summed E-state index contributed by atoms with van der Waals surface area (Å²) in [4.78, 5) is 15.6. The maximum atomic E-state index is 12.8. The van der Waals surface area contributed by atoms with Crippen molar-refractivity contribution in [3.8, 4) is 0 Å². The molecule has 3 aromatic rings. The first kappa shape index (κ1) is 18.0. The average Bonchev–Trinajstić information content (AvgIpc) is 3.17. The highest BCUT2D eigenvalue weighted by molar-refractivity contribution is 7.09. The minimum atomic E-state index is -0.138. The summed E-state index contributed by atoms with van der Waals surface area (Å²) in [5, 5.41) is 7.40. The smallest absolute Gasteiger partial charge is 0.258 e. The lowest BCUT2D eigenvalue weighted by atomic mass is 10.2. The molecule has 0 radical (unpaired) electrons. The third-order valence-electron chi connectivity index (χ3n) is 3.88. The molecule has 0 spiro atoms. The van der Waals surface area contributed by atoms with Crippen molar-refractivity contribution < 1.29 is 4.79 Å². The first-order chi connectivity index (χ1) is 12.0. The third-order valence-corrected chi connectivity index (χ3v) is 5.49. The molecular formula is C18H17Cl2N3OS. The number of thiophene rings is 1. The molecule has 2 heterocycles. The fourth-order valence-corrected chi connectivity index (χ4v) is 3.86. The molecule has 1 aromatic carbocycles. The standard InChI is InChI=1S/C18H17Cl2N3OS/c1-12-16(18(24)22(2)11-14-7-5-9-25-14)17(20)23(21-12)10-13-6-3-4-8-15(13)19/h3-9H,10-11H2,1-2H3. The highest BCUT2D eigenvalue weighted by atomic mass is 35.5. The number of halogens is 2. The Kier molecular flexibility index (Phi) is 5.47. The van der Waals surface area contributed by atoms with E-state index in [-0.39, 0.29) is 5.91 Å². The predicted octanol–water partition coefficient (Wildman–Crippen LogP) is 4.88. The van der Waals surface area contributed by atoms with Crippen LogP contribution >= 0.6 is 34.5 Å². The zero-order valence-corrected chi connectivity index (χ0v) is 16.2. The lowest BCUT2D eigenvalue weighted by molar-refractivity contribution is 0.0786. The quantitative estimate of drug-likeness (QED) is 0.619. The largest absolute Gasteiger partial charge is 0.336 e. The Morgan fingerprint density at radius 1 is 1.24 bits per heavy atom. The fraction of sp³-hybridized carbons (Fsp3) is 0.222. The second-order valence-electron chi connectivity index (χ2n) is 5.74. The molecular weight excluding hydrogens is 377 g/mol. The van der Waals surface area contributed by atoms with Gasteiger partial charge in [-0.15, -0.1) is 11.3 Å². The summed E-state index contributed by atoms with van der Waals surface area (Å²) in [7, 11) is 1.77. The van der Waals surface area contributed by atoms with E-state index in [1.165, 1.54) is 0 Å². The number of carbonyl (C=O) groups is 1. The minimum Gasteiger partial charge on any atom is -0.336 e. The van der Waals surface area contributed by atoms with E-state index in [9.17, 15) is 4.79 Å². The lowest BCUT2D eigenvalue weighted by Crippen LogP contribution is -2.26. The van der Waals surface area contributed by atoms with Crippen LogP contribution < -0.4 is 0 Å². The molecule has 0 fully saturated rings. The number of hydrogen-bond acceptors (Lipinski definition) is 3. The van der Waals surface area contributed by atoms with Gasteiger partial charge in [-0.05, 0) is 30.0 Å². The van der Waals surface area contributed by atoms with Gasteiger partial charge in [0.1, 0.15) is 5.15 Å². The lowest BCUT2D eigenvalue weighted by Gasteiger charge is -2.16. The zero-order chi connectivity index (χ0) is 18.0. The maximum absolute atomic E-state index is 12.8. The van der Waals surface area contributed by atoms with Gasteiger partial charge in [0.15, 0.2) is 0 Å². The van der Waals surface area contributed by atoms with Crippen molar-refractivity contribution >= 4 is 40.4 Å². The molecule has 0 bridgehead atoms. The molecule has 0 unspecified atom stereocenters. The van der Waals surface area contributed by atoms with E-state index >= 15 is 0 Å². The van der Waals surface area contributed by atoms with Crippen LogP contribution in [0.1, 0.15) is 26.5 Å². The number of carbonyl (C=O) groups excluding carboxylic acids is 1. The molecule has 130 valence electrons. The van der Waals surface area contributed by atoms with Crippen molar-refractivity contribution in [3.63, 3.8) is 0 Å². The van der Waals surface area contributed by atoms with Crippen LogP contribution in [0.5, 0.6) is 0 Å². The minimum absolute atomic E-state index is 0.138. The molecule has 0 N–H and O–H groups in total. The third kappa shape index (κ3) is 3.89. The number of rotatable bonds is 5. The molecule has 0 aliphatic carbocycles. The fourth-order valence-electron chi connectivity index (χ4n) is 2.59. The summed E-state index contributed by atoms with van der Waals surface area (Å²) in [6.07, 6.45) is 0. The predicted molar refractivity (Wildman–Crippen MR) is 103 cm³/mol. The van der Waals surface area contributed by atoms with Crippen molar-refractivity contribution in [3.05, 3.63) is 73.7 Å². The van der Waals surface area contributed by atoms with Crippen LogP contribution in [0.2, 0.25) is 10.2 Å². The topological polar surface area (TPSA) is 38.1 Å². The normalized spacial score (nSPS) is 10.9. The van der Waals surface area contributed by atoms with Crippen molar-refractivity contribution in [2.24, 2.45) is 0 Å². The molecule has 4 nitrogen and oxygen atoms in total. The molecule has 0 saturated carbocycles. The van der Waals surface area contributed by atoms with Gasteiger partial charge in [0, 0.05) is 16.9 Å². The van der Waals surface area contributed by atoms with Gasteiger partial charge in [-0.2, -0.15) is 5.10 Å². The zero-order valence-electron chi connectivity index (χ0n) is 13.9. The van der Waals surface area contributed by atoms with Crippen LogP contribution in [0.4, 0.5) is 0 Å². The first-order valence-electron chi connectivity index (χ1n) is 7.71. The van der Waals surface area contributed by atoms with E-state index in [0.29, 0.717) is 34.5 Å². The Hall–Kier alpha value is -1.82. The van der Waals surface area contributed by atoms with E-state index < -0.39 is 0 Å². The van der Waals surface area contributed by atoms with Crippen LogP contribution in [-0.4, -0.2) is 27.6 Å². The van der Waals surface area contributed by atoms with Gasteiger partial charge >= 0.3 is 0 Å². The summed E-state index contributed by atoms with van der Waals surface area (Å²) >= 11 is 14.3. The van der Waals surface area contributed by atoms with E-state index in [2.05, 4.69) is 5.10 Å². The number of aryl methyl sites for hydroxylation is 1. The van der Waals surface area contributed by atoms with Crippen LogP contribution in [0.15, 0.2) is 41.8 Å². The summed E-state index contributed by atoms with van der Waals surface area (Å²) in [6.45, 7) is 2.75. The van der Waals surface area contributed by atoms with Gasteiger partial charge in [-0.25, -0.2) is 4.68 Å². The summed E-state index contributed by atoms with van der Waals surface area (Å²) in [5.74, 6) is -0.138. The Morgan fingerprint density at radius 3 is 2.68 bits per heavy atom. The number of amides is 1. The van der Waals surface area contributed by atoms with Crippen molar-refractivity contribution in [1.82, 2.24) is 14.7 Å². The van der Waals surface area contributed by atoms with Crippen molar-refractivity contribution in [2.75, 3.05) is 7.05 Å². The second-order valence-corrected chi connectivity index (χ2v) is 7.54. The first-order valence-corrected chi connectivity index (χ1v) is 9.35. The van der Waals surface area contributed by atoms with Gasteiger partial charge in [0.05, 0.1) is 24.3 Å². The van der Waals surface area contributed by atoms with Crippen LogP contribution in [-0.2, 0) is 13.1 Å². The monoisotopic (exact) mass is 393 g/mol. The molecule has 2 aromatic heterocycles. The molecule has 25 heavy (non-hydrogen) atoms. The number of benzene rings is 1. The van der Waals surface area contributed by atoms with Crippen LogP contribution in [0, 0.1) is 6.92 Å². The van der Waals surface area contributed by atoms with Crippen molar-refractivity contribution in [2.45, 2.75) is 20.0 Å². The van der Waals surface area contributed by atoms with Gasteiger partial charge < -0.3 is 4.90 Å². The van der Waals surface area contributed by atoms with Gasteiger partial charge in [-0.1, -0.05) is 47.5 Å². The highest BCUT2D eigenvalue weighted by Gasteiger charge is 2.23. The number of hydrogen-bond donors (Lipinski definition) is 0. The Labute approximate surface area is 160 Å². The molecule has 0 atom stereocenters. The summed E-state index contributed by atoms with van der Waals surface area (Å²) < 4.78 is 1.62. The van der Waals surface area contributed by atoms with E-state index in [1.807, 2.05) is 41.8 Å². The van der Waals surface area contributed by atoms with Gasteiger partial charge in [-0.3, -0.25) is 4.79 Å². The van der Waals surface area contributed by atoms with E-state index in [4.69, 9.17) is 23.2 Å². The van der Waals surface area contributed by atoms with Crippen LogP contribution in [0.25, 0.3) is 0 Å². The van der Waals surface area contributed by atoms with Crippen molar-refractivity contribution in [1.29, 1.82) is 0 Å². The van der Waals surface area contributed by atoms with Gasteiger partial charge in [0.25, 0.3) is 5.91 Å². The number of aromatic nitrogens is 2. The Bertz CT molecular complexity index is 890. The molecule has 3 rings (SSSR count). The van der Waals surface area contributed by atoms with Gasteiger partial charge in [0.2, 0.25) is 0 Å². The molecule has 0 aliphatic heterocycles. The highest BCUT2D eigenvalue weighted by Crippen LogP contribution is 2.25. The SMILES string of the molecule is Cc1nn(Cc2ccccc2Cl)c(Cl)c1C(=O)N(C)Cc1cccs1. The summed E-state index contributed by atoms with van der Waals surface area (Å²) in [6, 6.07) is 11.5. The maximum Gasteiger partial charge on any atom is 0.258 e. The molecule has 0 aliphatic rings. The second kappa shape index (κ2) is 7.60.